The van der Waals surface area contributed by atoms with Gasteiger partial charge in [-0.1, -0.05) is 27.2 Å². The van der Waals surface area contributed by atoms with Crippen LogP contribution in [-0.4, -0.2) is 16.7 Å². The number of hydrogen-bond donors (Lipinski definition) is 1. The van der Waals surface area contributed by atoms with Gasteiger partial charge in [0.05, 0.1) is 5.69 Å². The van der Waals surface area contributed by atoms with E-state index in [4.69, 9.17) is 0 Å². The van der Waals surface area contributed by atoms with Crippen LogP contribution >= 0.6 is 0 Å². The Morgan fingerprint density at radius 2 is 2.00 bits per heavy atom. The molecule has 0 unspecified atom stereocenters. The van der Waals surface area contributed by atoms with Gasteiger partial charge in [-0.15, -0.1) is 5.10 Å². The molecule has 1 N–H and O–H groups in total. The van der Waals surface area contributed by atoms with Crippen molar-refractivity contribution in [1.29, 1.82) is 5.26 Å². The van der Waals surface area contributed by atoms with E-state index in [9.17, 15) is 5.26 Å². The predicted octanol–water partition coefficient (Wildman–Crippen LogP) is 3.08. The minimum atomic E-state index is 0.365. The van der Waals surface area contributed by atoms with Crippen molar-refractivity contribution in [2.45, 2.75) is 52.9 Å². The van der Waals surface area contributed by atoms with Gasteiger partial charge in [0.15, 0.2) is 5.82 Å². The van der Waals surface area contributed by atoms with Crippen LogP contribution in [0.4, 0.5) is 5.82 Å². The molecule has 19 heavy (non-hydrogen) atoms. The first-order valence-electron chi connectivity index (χ1n) is 7.16. The standard InChI is InChI=1S/C15H22N4/c1-4-11-12(9-16)14(19-18-13(11)5-2)17-10-15(3)7-6-8-15/h4-8,10H2,1-3H3,(H,17,19). The molecule has 2 rings (SSSR count). The van der Waals surface area contributed by atoms with Crippen LogP contribution in [0, 0.1) is 16.7 Å². The van der Waals surface area contributed by atoms with Crippen LogP contribution in [0.25, 0.3) is 0 Å². The fraction of sp³-hybridized carbons (Fsp3) is 0.667. The summed E-state index contributed by atoms with van der Waals surface area (Å²) in [6, 6.07) is 2.30. The zero-order valence-electron chi connectivity index (χ0n) is 12.1. The third kappa shape index (κ3) is 2.70. The molecule has 0 amide bonds. The van der Waals surface area contributed by atoms with Crippen LogP contribution in [0.5, 0.6) is 0 Å². The van der Waals surface area contributed by atoms with Gasteiger partial charge in [-0.05, 0) is 36.7 Å². The van der Waals surface area contributed by atoms with Crippen LogP contribution < -0.4 is 5.32 Å². The highest BCUT2D eigenvalue weighted by Crippen LogP contribution is 2.40. The van der Waals surface area contributed by atoms with Crippen molar-refractivity contribution in [2.75, 3.05) is 11.9 Å². The van der Waals surface area contributed by atoms with Gasteiger partial charge in [-0.25, -0.2) is 0 Å². The molecule has 0 atom stereocenters. The lowest BCUT2D eigenvalue weighted by molar-refractivity contribution is 0.179. The monoisotopic (exact) mass is 258 g/mol. The highest BCUT2D eigenvalue weighted by atomic mass is 15.2. The van der Waals surface area contributed by atoms with Crippen molar-refractivity contribution in [1.82, 2.24) is 10.2 Å². The van der Waals surface area contributed by atoms with E-state index in [0.717, 1.165) is 30.6 Å². The zero-order valence-corrected chi connectivity index (χ0v) is 12.1. The maximum Gasteiger partial charge on any atom is 0.166 e. The lowest BCUT2D eigenvalue weighted by Gasteiger charge is -2.38. The summed E-state index contributed by atoms with van der Waals surface area (Å²) < 4.78 is 0. The van der Waals surface area contributed by atoms with E-state index in [1.54, 1.807) is 0 Å². The first kappa shape index (κ1) is 13.8. The smallest absolute Gasteiger partial charge is 0.166 e. The quantitative estimate of drug-likeness (QED) is 0.881. The summed E-state index contributed by atoms with van der Waals surface area (Å²) in [5.41, 5.74) is 3.03. The van der Waals surface area contributed by atoms with Crippen molar-refractivity contribution in [3.8, 4) is 6.07 Å². The third-order valence-electron chi connectivity index (χ3n) is 4.20. The Balaban J connectivity index is 2.23. The zero-order chi connectivity index (χ0) is 13.9. The summed E-state index contributed by atoms with van der Waals surface area (Å²) in [4.78, 5) is 0. The lowest BCUT2D eigenvalue weighted by Crippen LogP contribution is -2.33. The second-order valence-corrected chi connectivity index (χ2v) is 5.69. The number of nitrogens with one attached hydrogen (secondary N) is 1. The van der Waals surface area contributed by atoms with Gasteiger partial charge in [0.1, 0.15) is 11.6 Å². The van der Waals surface area contributed by atoms with Gasteiger partial charge in [0, 0.05) is 6.54 Å². The maximum atomic E-state index is 9.39. The molecule has 0 aliphatic heterocycles. The summed E-state index contributed by atoms with van der Waals surface area (Å²) in [5, 5.41) is 21.2. The fourth-order valence-corrected chi connectivity index (χ4v) is 2.67. The number of hydrogen-bond acceptors (Lipinski definition) is 4. The molecule has 0 bridgehead atoms. The highest BCUT2D eigenvalue weighted by molar-refractivity contribution is 5.56. The largest absolute Gasteiger partial charge is 0.367 e. The molecule has 4 nitrogen and oxygen atoms in total. The molecule has 4 heteroatoms. The third-order valence-corrected chi connectivity index (χ3v) is 4.20. The van der Waals surface area contributed by atoms with Gasteiger partial charge in [-0.2, -0.15) is 10.4 Å². The van der Waals surface area contributed by atoms with Gasteiger partial charge in [0.2, 0.25) is 0 Å². The Morgan fingerprint density at radius 3 is 2.47 bits per heavy atom. The Morgan fingerprint density at radius 1 is 1.26 bits per heavy atom. The number of rotatable bonds is 5. The number of anilines is 1. The molecule has 1 aromatic heterocycles. The fourth-order valence-electron chi connectivity index (χ4n) is 2.67. The van der Waals surface area contributed by atoms with E-state index < -0.39 is 0 Å². The van der Waals surface area contributed by atoms with Gasteiger partial charge in [-0.3, -0.25) is 0 Å². The first-order valence-corrected chi connectivity index (χ1v) is 7.16. The molecule has 1 heterocycles. The molecule has 0 aromatic carbocycles. The normalized spacial score (nSPS) is 16.5. The summed E-state index contributed by atoms with van der Waals surface area (Å²) in [5.74, 6) is 0.657. The van der Waals surface area contributed by atoms with Crippen LogP contribution in [0.15, 0.2) is 0 Å². The molecule has 0 radical (unpaired) electrons. The van der Waals surface area contributed by atoms with Crippen LogP contribution in [0.2, 0.25) is 0 Å². The number of aryl methyl sites for hydroxylation is 1. The van der Waals surface area contributed by atoms with Gasteiger partial charge < -0.3 is 5.32 Å². The second-order valence-electron chi connectivity index (χ2n) is 5.69. The summed E-state index contributed by atoms with van der Waals surface area (Å²) in [6.45, 7) is 7.27. The number of nitriles is 1. The van der Waals surface area contributed by atoms with Crippen LogP contribution in [0.3, 0.4) is 0 Å². The summed E-state index contributed by atoms with van der Waals surface area (Å²) >= 11 is 0. The Hall–Kier alpha value is -1.63. The molecule has 1 fully saturated rings. The van der Waals surface area contributed by atoms with E-state index in [-0.39, 0.29) is 0 Å². The minimum absolute atomic E-state index is 0.365. The molecule has 1 aromatic rings. The van der Waals surface area contributed by atoms with Crippen LogP contribution in [0.1, 0.15) is 56.9 Å². The van der Waals surface area contributed by atoms with E-state index in [1.807, 2.05) is 6.92 Å². The average molecular weight is 258 g/mol. The molecule has 1 aliphatic rings. The second kappa shape index (κ2) is 5.56. The van der Waals surface area contributed by atoms with E-state index in [2.05, 4.69) is 35.4 Å². The van der Waals surface area contributed by atoms with Gasteiger partial charge >= 0.3 is 0 Å². The maximum absolute atomic E-state index is 9.39. The molecule has 0 saturated heterocycles. The van der Waals surface area contributed by atoms with Crippen molar-refractivity contribution < 1.29 is 0 Å². The highest BCUT2D eigenvalue weighted by Gasteiger charge is 2.31. The van der Waals surface area contributed by atoms with Crippen molar-refractivity contribution in [3.05, 3.63) is 16.8 Å². The van der Waals surface area contributed by atoms with Crippen molar-refractivity contribution >= 4 is 5.82 Å². The SMILES string of the molecule is CCc1nnc(NCC2(C)CCC2)c(C#N)c1CC. The Bertz CT molecular complexity index is 498. The average Bonchev–Trinajstić information content (AvgIpc) is 2.41. The topological polar surface area (TPSA) is 61.6 Å². The molecule has 1 saturated carbocycles. The molecular weight excluding hydrogens is 236 g/mol. The Labute approximate surface area is 115 Å². The Kier molecular flexibility index (Phi) is 4.04. The summed E-state index contributed by atoms with van der Waals surface area (Å²) in [7, 11) is 0. The van der Waals surface area contributed by atoms with Crippen molar-refractivity contribution in [3.63, 3.8) is 0 Å². The molecule has 102 valence electrons. The minimum Gasteiger partial charge on any atom is -0.367 e. The number of aromatic nitrogens is 2. The molecule has 1 aliphatic carbocycles. The summed E-state index contributed by atoms with van der Waals surface area (Å²) in [6.07, 6.45) is 5.46. The number of nitrogens with zero attached hydrogens (tertiary/aromatic N) is 3. The van der Waals surface area contributed by atoms with Gasteiger partial charge in [0.25, 0.3) is 0 Å². The van der Waals surface area contributed by atoms with Crippen molar-refractivity contribution in [2.24, 2.45) is 5.41 Å². The molecule has 0 spiro atoms. The van der Waals surface area contributed by atoms with E-state index >= 15 is 0 Å². The predicted molar refractivity (Wildman–Crippen MR) is 76.0 cm³/mol. The first-order chi connectivity index (χ1) is 9.13. The van der Waals surface area contributed by atoms with E-state index in [1.165, 1.54) is 19.3 Å². The molecular formula is C15H22N4. The lowest BCUT2D eigenvalue weighted by atomic mass is 9.70. The van der Waals surface area contributed by atoms with Crippen LogP contribution in [-0.2, 0) is 12.8 Å². The van der Waals surface area contributed by atoms with E-state index in [0.29, 0.717) is 16.8 Å².